The summed E-state index contributed by atoms with van der Waals surface area (Å²) in [5.74, 6) is 1.64. The highest BCUT2D eigenvalue weighted by Gasteiger charge is 2.36. The fourth-order valence-corrected chi connectivity index (χ4v) is 3.46. The summed E-state index contributed by atoms with van der Waals surface area (Å²) in [5.41, 5.74) is 4.04. The van der Waals surface area contributed by atoms with Gasteiger partial charge in [-0.3, -0.25) is 0 Å². The molecule has 0 unspecified atom stereocenters. The first-order valence-corrected chi connectivity index (χ1v) is 9.09. The predicted octanol–water partition coefficient (Wildman–Crippen LogP) is 5.35. The zero-order valence-corrected chi connectivity index (χ0v) is 16.2. The molecule has 0 radical (unpaired) electrons. The van der Waals surface area contributed by atoms with Crippen LogP contribution in [-0.4, -0.2) is 25.9 Å². The van der Waals surface area contributed by atoms with E-state index in [1.54, 1.807) is 19.2 Å². The summed E-state index contributed by atoms with van der Waals surface area (Å²) in [4.78, 5) is 0. The number of halogens is 1. The van der Waals surface area contributed by atoms with Gasteiger partial charge in [-0.1, -0.05) is 26.0 Å². The van der Waals surface area contributed by atoms with Gasteiger partial charge in [-0.25, -0.2) is 4.39 Å². The van der Waals surface area contributed by atoms with E-state index < -0.39 is 0 Å². The zero-order valence-electron chi connectivity index (χ0n) is 16.2. The smallest absolute Gasteiger partial charge is 0.169 e. The molecule has 0 fully saturated rings. The summed E-state index contributed by atoms with van der Waals surface area (Å²) >= 11 is 0. The van der Waals surface area contributed by atoms with E-state index >= 15 is 0 Å². The second-order valence-corrected chi connectivity index (χ2v) is 7.69. The standard InChI is InChI=1S/C22H27FO3/c1-14(2)17-12-18(15-6-8-16(23)9-7-15)20(25-11-10-24-5)21-19(17)13-22(3,4)26-21/h6-9,12,14H,10-11,13H2,1-5H3. The third-order valence-electron chi connectivity index (χ3n) is 4.67. The van der Waals surface area contributed by atoms with Gasteiger partial charge in [0.05, 0.1) is 6.61 Å². The van der Waals surface area contributed by atoms with Crippen molar-refractivity contribution in [3.8, 4) is 22.6 Å². The molecule has 2 aromatic carbocycles. The Balaban J connectivity index is 2.18. The molecule has 0 N–H and O–H groups in total. The molecule has 2 aromatic rings. The molecular weight excluding hydrogens is 331 g/mol. The van der Waals surface area contributed by atoms with E-state index in [-0.39, 0.29) is 11.4 Å². The number of ether oxygens (including phenoxy) is 3. The number of hydrogen-bond acceptors (Lipinski definition) is 3. The van der Waals surface area contributed by atoms with Gasteiger partial charge in [0.15, 0.2) is 11.5 Å². The average Bonchev–Trinajstić information content (AvgIpc) is 2.90. The van der Waals surface area contributed by atoms with Crippen LogP contribution < -0.4 is 9.47 Å². The van der Waals surface area contributed by atoms with Gasteiger partial charge in [0.2, 0.25) is 0 Å². The monoisotopic (exact) mass is 358 g/mol. The normalized spacial score (nSPS) is 15.0. The molecule has 0 saturated heterocycles. The SMILES string of the molecule is COCCOc1c(-c2ccc(F)cc2)cc(C(C)C)c2c1OC(C)(C)C2. The fourth-order valence-electron chi connectivity index (χ4n) is 3.46. The number of methoxy groups -OCH3 is 1. The molecule has 140 valence electrons. The van der Waals surface area contributed by atoms with Crippen LogP contribution in [0.25, 0.3) is 11.1 Å². The lowest BCUT2D eigenvalue weighted by Crippen LogP contribution is -2.25. The summed E-state index contributed by atoms with van der Waals surface area (Å²) in [6, 6.07) is 8.68. The molecule has 0 amide bonds. The number of fused-ring (bicyclic) bond motifs is 1. The molecule has 0 saturated carbocycles. The quantitative estimate of drug-likeness (QED) is 0.651. The third-order valence-corrected chi connectivity index (χ3v) is 4.67. The first-order chi connectivity index (χ1) is 12.3. The molecule has 1 aliphatic heterocycles. The number of benzene rings is 2. The molecule has 0 atom stereocenters. The van der Waals surface area contributed by atoms with Crippen molar-refractivity contribution in [3.63, 3.8) is 0 Å². The van der Waals surface area contributed by atoms with Gasteiger partial charge in [-0.15, -0.1) is 0 Å². The van der Waals surface area contributed by atoms with Crippen molar-refractivity contribution in [2.45, 2.75) is 45.6 Å². The Kier molecular flexibility index (Phi) is 5.24. The van der Waals surface area contributed by atoms with E-state index in [1.807, 2.05) is 0 Å². The predicted molar refractivity (Wildman–Crippen MR) is 102 cm³/mol. The fraction of sp³-hybridized carbons (Fsp3) is 0.455. The number of rotatable bonds is 6. The summed E-state index contributed by atoms with van der Waals surface area (Å²) in [7, 11) is 1.65. The summed E-state index contributed by atoms with van der Waals surface area (Å²) in [5, 5.41) is 0. The minimum absolute atomic E-state index is 0.252. The lowest BCUT2D eigenvalue weighted by atomic mass is 9.88. The van der Waals surface area contributed by atoms with Crippen molar-refractivity contribution >= 4 is 0 Å². The maximum absolute atomic E-state index is 13.4. The topological polar surface area (TPSA) is 27.7 Å². The molecule has 1 heterocycles. The Morgan fingerprint density at radius 1 is 1.15 bits per heavy atom. The van der Waals surface area contributed by atoms with E-state index in [9.17, 15) is 4.39 Å². The summed E-state index contributed by atoms with van der Waals surface area (Å²) < 4.78 is 30.9. The van der Waals surface area contributed by atoms with Gasteiger partial charge in [-0.05, 0) is 49.1 Å². The largest absolute Gasteiger partial charge is 0.487 e. The van der Waals surface area contributed by atoms with Crippen molar-refractivity contribution in [1.82, 2.24) is 0 Å². The van der Waals surface area contributed by atoms with Crippen LogP contribution in [0.1, 0.15) is 44.7 Å². The van der Waals surface area contributed by atoms with Crippen LogP contribution in [0.2, 0.25) is 0 Å². The summed E-state index contributed by atoms with van der Waals surface area (Å²) in [6.45, 7) is 9.47. The van der Waals surface area contributed by atoms with Gasteiger partial charge in [0.25, 0.3) is 0 Å². The van der Waals surface area contributed by atoms with Crippen LogP contribution in [0.3, 0.4) is 0 Å². The van der Waals surface area contributed by atoms with E-state index in [2.05, 4.69) is 33.8 Å². The van der Waals surface area contributed by atoms with E-state index in [0.29, 0.717) is 19.1 Å². The minimum atomic E-state index is -0.271. The molecule has 3 rings (SSSR count). The van der Waals surface area contributed by atoms with E-state index in [0.717, 1.165) is 29.0 Å². The van der Waals surface area contributed by atoms with Crippen LogP contribution >= 0.6 is 0 Å². The molecule has 0 bridgehead atoms. The van der Waals surface area contributed by atoms with Crippen molar-refractivity contribution < 1.29 is 18.6 Å². The first-order valence-electron chi connectivity index (χ1n) is 9.09. The lowest BCUT2D eigenvalue weighted by molar-refractivity contribution is 0.122. The number of hydrogen-bond donors (Lipinski definition) is 0. The Labute approximate surface area is 155 Å². The van der Waals surface area contributed by atoms with Crippen LogP contribution in [0, 0.1) is 5.82 Å². The Hall–Kier alpha value is -2.07. The zero-order chi connectivity index (χ0) is 18.9. The average molecular weight is 358 g/mol. The van der Waals surface area contributed by atoms with Crippen LogP contribution in [-0.2, 0) is 11.2 Å². The third kappa shape index (κ3) is 3.70. The van der Waals surface area contributed by atoms with Crippen molar-refractivity contribution in [2.24, 2.45) is 0 Å². The molecule has 26 heavy (non-hydrogen) atoms. The highest BCUT2D eigenvalue weighted by atomic mass is 19.1. The molecular formula is C22H27FO3. The maximum atomic E-state index is 13.4. The Bertz CT molecular complexity index is 779. The van der Waals surface area contributed by atoms with Gasteiger partial charge in [-0.2, -0.15) is 0 Å². The maximum Gasteiger partial charge on any atom is 0.169 e. The van der Waals surface area contributed by atoms with Crippen LogP contribution in [0.5, 0.6) is 11.5 Å². The van der Waals surface area contributed by atoms with Crippen molar-refractivity contribution in [2.75, 3.05) is 20.3 Å². The second-order valence-electron chi connectivity index (χ2n) is 7.69. The first kappa shape index (κ1) is 18.7. The van der Waals surface area contributed by atoms with Crippen molar-refractivity contribution in [3.05, 3.63) is 47.3 Å². The minimum Gasteiger partial charge on any atom is -0.487 e. The molecule has 0 aromatic heterocycles. The van der Waals surface area contributed by atoms with Crippen LogP contribution in [0.15, 0.2) is 30.3 Å². The molecule has 4 heteroatoms. The molecule has 0 spiro atoms. The Morgan fingerprint density at radius 3 is 2.46 bits per heavy atom. The van der Waals surface area contributed by atoms with E-state index in [4.69, 9.17) is 14.2 Å². The molecule has 0 aliphatic carbocycles. The van der Waals surface area contributed by atoms with Gasteiger partial charge in [0.1, 0.15) is 18.0 Å². The van der Waals surface area contributed by atoms with Crippen molar-refractivity contribution in [1.29, 1.82) is 0 Å². The van der Waals surface area contributed by atoms with Crippen LogP contribution in [0.4, 0.5) is 4.39 Å². The van der Waals surface area contributed by atoms with Gasteiger partial charge >= 0.3 is 0 Å². The highest BCUT2D eigenvalue weighted by molar-refractivity contribution is 5.77. The van der Waals surface area contributed by atoms with Gasteiger partial charge in [0, 0.05) is 24.7 Å². The van der Waals surface area contributed by atoms with Gasteiger partial charge < -0.3 is 14.2 Å². The Morgan fingerprint density at radius 2 is 1.85 bits per heavy atom. The highest BCUT2D eigenvalue weighted by Crippen LogP contribution is 2.50. The van der Waals surface area contributed by atoms with E-state index in [1.165, 1.54) is 23.3 Å². The summed E-state index contributed by atoms with van der Waals surface area (Å²) in [6.07, 6.45) is 0.847. The lowest BCUT2D eigenvalue weighted by Gasteiger charge is -2.21. The molecule has 1 aliphatic rings. The molecule has 3 nitrogen and oxygen atoms in total. The second kappa shape index (κ2) is 7.28.